The second kappa shape index (κ2) is 9.05. The highest BCUT2D eigenvalue weighted by Gasteiger charge is 2.11. The van der Waals surface area contributed by atoms with Crippen molar-refractivity contribution in [3.63, 3.8) is 0 Å². The van der Waals surface area contributed by atoms with Crippen LogP contribution in [0.15, 0.2) is 64.2 Å². The van der Waals surface area contributed by atoms with Crippen LogP contribution < -0.4 is 10.1 Å². The number of benzene rings is 2. The molecule has 0 unspecified atom stereocenters. The summed E-state index contributed by atoms with van der Waals surface area (Å²) in [6, 6.07) is 17.4. The average molecular weight is 369 g/mol. The summed E-state index contributed by atoms with van der Waals surface area (Å²) in [6.45, 7) is 0.600. The van der Waals surface area contributed by atoms with E-state index in [2.05, 4.69) is 15.5 Å². The fourth-order valence-corrected chi connectivity index (χ4v) is 2.90. The molecule has 6 nitrogen and oxygen atoms in total. The van der Waals surface area contributed by atoms with Crippen molar-refractivity contribution in [2.75, 3.05) is 19.4 Å². The predicted molar refractivity (Wildman–Crippen MR) is 100 cm³/mol. The molecule has 0 saturated heterocycles. The lowest BCUT2D eigenvalue weighted by Gasteiger charge is -2.04. The maximum atomic E-state index is 11.9. The Morgan fingerprint density at radius 3 is 2.81 bits per heavy atom. The van der Waals surface area contributed by atoms with Gasteiger partial charge in [-0.2, -0.15) is 0 Å². The van der Waals surface area contributed by atoms with Gasteiger partial charge in [-0.1, -0.05) is 48.2 Å². The number of hydrogen-bond donors (Lipinski definition) is 1. The van der Waals surface area contributed by atoms with Crippen LogP contribution in [0, 0.1) is 0 Å². The Bertz CT molecular complexity index is 852. The molecule has 0 atom stereocenters. The number of thioether (sulfide) groups is 1. The fraction of sp³-hybridized carbons (Fsp3) is 0.211. The zero-order valence-corrected chi connectivity index (χ0v) is 15.2. The molecule has 1 aromatic heterocycles. The molecule has 2 aromatic carbocycles. The highest BCUT2D eigenvalue weighted by atomic mass is 32.2. The molecule has 3 rings (SSSR count). The van der Waals surface area contributed by atoms with Crippen molar-refractivity contribution in [1.82, 2.24) is 15.5 Å². The molecular formula is C19H19N3O3S. The largest absolute Gasteiger partial charge is 0.497 e. The lowest BCUT2D eigenvalue weighted by Crippen LogP contribution is -2.27. The summed E-state index contributed by atoms with van der Waals surface area (Å²) in [4.78, 5) is 11.9. The van der Waals surface area contributed by atoms with E-state index in [1.165, 1.54) is 17.3 Å². The summed E-state index contributed by atoms with van der Waals surface area (Å²) >= 11 is 1.22. The van der Waals surface area contributed by atoms with Gasteiger partial charge in [-0.3, -0.25) is 4.79 Å². The van der Waals surface area contributed by atoms with Crippen LogP contribution in [-0.4, -0.2) is 35.5 Å². The quantitative estimate of drug-likeness (QED) is 0.615. The Labute approximate surface area is 156 Å². The normalized spacial score (nSPS) is 10.5. The van der Waals surface area contributed by atoms with E-state index in [1.807, 2.05) is 54.6 Å². The van der Waals surface area contributed by atoms with Gasteiger partial charge >= 0.3 is 0 Å². The van der Waals surface area contributed by atoms with Crippen LogP contribution in [0.5, 0.6) is 5.75 Å². The predicted octanol–water partition coefficient (Wildman–Crippen LogP) is 3.20. The SMILES string of the molecule is COc1cccc(-c2nnc(SCC(=O)NCCc3ccccc3)o2)c1. The van der Waals surface area contributed by atoms with Crippen molar-refractivity contribution in [2.45, 2.75) is 11.6 Å². The number of methoxy groups -OCH3 is 1. The lowest BCUT2D eigenvalue weighted by molar-refractivity contribution is -0.118. The van der Waals surface area contributed by atoms with Gasteiger partial charge in [0.15, 0.2) is 0 Å². The monoisotopic (exact) mass is 369 g/mol. The van der Waals surface area contributed by atoms with Gasteiger partial charge in [0.05, 0.1) is 12.9 Å². The first-order valence-corrected chi connectivity index (χ1v) is 9.14. The number of amides is 1. The van der Waals surface area contributed by atoms with Gasteiger partial charge in [-0.05, 0) is 30.2 Å². The number of aromatic nitrogens is 2. The van der Waals surface area contributed by atoms with Crippen LogP contribution in [0.1, 0.15) is 5.56 Å². The standard InChI is InChI=1S/C19H19N3O3S/c1-24-16-9-5-8-15(12-16)18-21-22-19(25-18)26-13-17(23)20-11-10-14-6-3-2-4-7-14/h2-9,12H,10-11,13H2,1H3,(H,20,23). The number of hydrogen-bond acceptors (Lipinski definition) is 6. The summed E-state index contributed by atoms with van der Waals surface area (Å²) < 4.78 is 10.8. The molecule has 0 radical (unpaired) electrons. The smallest absolute Gasteiger partial charge is 0.277 e. The molecule has 1 N–H and O–H groups in total. The third-order valence-electron chi connectivity index (χ3n) is 3.63. The second-order valence-corrected chi connectivity index (χ2v) is 6.41. The Morgan fingerprint density at radius 2 is 2.00 bits per heavy atom. The first-order chi connectivity index (χ1) is 12.7. The minimum atomic E-state index is -0.0629. The van der Waals surface area contributed by atoms with E-state index in [-0.39, 0.29) is 11.7 Å². The Balaban J connectivity index is 1.46. The van der Waals surface area contributed by atoms with Crippen molar-refractivity contribution in [3.05, 3.63) is 60.2 Å². The summed E-state index contributed by atoms with van der Waals surface area (Å²) in [7, 11) is 1.60. The van der Waals surface area contributed by atoms with E-state index < -0.39 is 0 Å². The lowest BCUT2D eigenvalue weighted by atomic mass is 10.1. The number of carbonyl (C=O) groups excluding carboxylic acids is 1. The van der Waals surface area contributed by atoms with E-state index >= 15 is 0 Å². The zero-order chi connectivity index (χ0) is 18.2. The van der Waals surface area contributed by atoms with Crippen molar-refractivity contribution < 1.29 is 13.9 Å². The number of nitrogens with zero attached hydrogens (tertiary/aromatic N) is 2. The number of nitrogens with one attached hydrogen (secondary N) is 1. The van der Waals surface area contributed by atoms with Gasteiger partial charge in [-0.25, -0.2) is 0 Å². The average Bonchev–Trinajstić information content (AvgIpc) is 3.16. The summed E-state index contributed by atoms with van der Waals surface area (Å²) in [5, 5.41) is 11.2. The molecule has 0 fully saturated rings. The van der Waals surface area contributed by atoms with Crippen LogP contribution in [0.2, 0.25) is 0 Å². The first-order valence-electron chi connectivity index (χ1n) is 8.16. The molecular weight excluding hydrogens is 350 g/mol. The molecule has 1 heterocycles. The third-order valence-corrected chi connectivity index (χ3v) is 4.45. The van der Waals surface area contributed by atoms with E-state index in [9.17, 15) is 4.79 Å². The Kier molecular flexibility index (Phi) is 6.27. The van der Waals surface area contributed by atoms with E-state index in [4.69, 9.17) is 9.15 Å². The van der Waals surface area contributed by atoms with Gasteiger partial charge in [-0.15, -0.1) is 10.2 Å². The number of carbonyl (C=O) groups is 1. The third kappa shape index (κ3) is 5.10. The van der Waals surface area contributed by atoms with Crippen LogP contribution in [0.3, 0.4) is 0 Å². The van der Waals surface area contributed by atoms with Gasteiger partial charge in [0.1, 0.15) is 5.75 Å². The maximum Gasteiger partial charge on any atom is 0.277 e. The van der Waals surface area contributed by atoms with Crippen molar-refractivity contribution >= 4 is 17.7 Å². The van der Waals surface area contributed by atoms with Gasteiger partial charge < -0.3 is 14.5 Å². The van der Waals surface area contributed by atoms with E-state index in [1.54, 1.807) is 7.11 Å². The van der Waals surface area contributed by atoms with Crippen LogP contribution in [0.25, 0.3) is 11.5 Å². The van der Waals surface area contributed by atoms with Crippen LogP contribution in [0.4, 0.5) is 0 Å². The molecule has 0 bridgehead atoms. The van der Waals surface area contributed by atoms with Crippen molar-refractivity contribution in [2.24, 2.45) is 0 Å². The number of rotatable bonds is 8. The second-order valence-electron chi connectivity index (χ2n) is 5.48. The summed E-state index contributed by atoms with van der Waals surface area (Å²) in [5.41, 5.74) is 1.97. The molecule has 1 amide bonds. The topological polar surface area (TPSA) is 77.2 Å². The molecule has 0 aliphatic heterocycles. The van der Waals surface area contributed by atoms with Crippen LogP contribution >= 0.6 is 11.8 Å². The molecule has 0 aliphatic rings. The highest BCUT2D eigenvalue weighted by Crippen LogP contribution is 2.25. The van der Waals surface area contributed by atoms with E-state index in [0.717, 1.165) is 12.0 Å². The molecule has 26 heavy (non-hydrogen) atoms. The number of ether oxygens (including phenoxy) is 1. The van der Waals surface area contributed by atoms with Gasteiger partial charge in [0, 0.05) is 12.1 Å². The minimum Gasteiger partial charge on any atom is -0.497 e. The molecule has 0 saturated carbocycles. The van der Waals surface area contributed by atoms with Gasteiger partial charge in [0.25, 0.3) is 5.22 Å². The molecule has 0 aliphatic carbocycles. The fourth-order valence-electron chi connectivity index (χ4n) is 2.31. The molecule has 0 spiro atoms. The summed E-state index contributed by atoms with van der Waals surface area (Å²) in [6.07, 6.45) is 0.803. The molecule has 3 aromatic rings. The Hall–Kier alpha value is -2.80. The van der Waals surface area contributed by atoms with Crippen molar-refractivity contribution in [1.29, 1.82) is 0 Å². The van der Waals surface area contributed by atoms with Crippen molar-refractivity contribution in [3.8, 4) is 17.2 Å². The van der Waals surface area contributed by atoms with Gasteiger partial charge in [0.2, 0.25) is 11.8 Å². The molecule has 134 valence electrons. The molecule has 7 heteroatoms. The highest BCUT2D eigenvalue weighted by molar-refractivity contribution is 7.99. The minimum absolute atomic E-state index is 0.0629. The Morgan fingerprint density at radius 1 is 1.15 bits per heavy atom. The first kappa shape index (κ1) is 18.0. The summed E-state index contributed by atoms with van der Waals surface area (Å²) in [5.74, 6) is 1.28. The van der Waals surface area contributed by atoms with Crippen LogP contribution in [-0.2, 0) is 11.2 Å². The zero-order valence-electron chi connectivity index (χ0n) is 14.3. The maximum absolute atomic E-state index is 11.9. The van der Waals surface area contributed by atoms with E-state index in [0.29, 0.717) is 23.4 Å².